The minimum Gasteiger partial charge on any atom is -0.435 e. The minimum atomic E-state index is -2.87. The van der Waals surface area contributed by atoms with E-state index in [0.717, 1.165) is 16.5 Å². The van der Waals surface area contributed by atoms with E-state index in [2.05, 4.69) is 20.0 Å². The summed E-state index contributed by atoms with van der Waals surface area (Å²) in [6.07, 6.45) is 3.35. The molecule has 0 saturated carbocycles. The fraction of sp³-hybridized carbons (Fsp3) is 0.0870. The van der Waals surface area contributed by atoms with Crippen molar-refractivity contribution in [1.29, 1.82) is 0 Å². The molecule has 0 aliphatic carbocycles. The molecule has 30 heavy (non-hydrogen) atoms. The van der Waals surface area contributed by atoms with E-state index < -0.39 is 6.61 Å². The molecule has 1 amide bonds. The SMILES string of the molecule is O=C(NCc1ccc(OC(F)F)cc1)c1cc(-c2ccncc2)nc2ccccc12. The van der Waals surface area contributed by atoms with Gasteiger partial charge in [-0.3, -0.25) is 9.78 Å². The Labute approximate surface area is 171 Å². The Bertz CT molecular complexity index is 1170. The summed E-state index contributed by atoms with van der Waals surface area (Å²) in [7, 11) is 0. The van der Waals surface area contributed by atoms with Gasteiger partial charge >= 0.3 is 6.61 Å². The van der Waals surface area contributed by atoms with E-state index in [1.165, 1.54) is 12.1 Å². The standard InChI is InChI=1S/C23H17F2N3O2/c24-23(25)30-17-7-5-15(6-8-17)14-27-22(29)19-13-21(16-9-11-26-12-10-16)28-20-4-2-1-3-18(19)20/h1-13,23H,14H2,(H,27,29). The lowest BCUT2D eigenvalue weighted by Crippen LogP contribution is -2.23. The second-order valence-electron chi connectivity index (χ2n) is 6.51. The van der Waals surface area contributed by atoms with Crippen molar-refractivity contribution in [3.05, 3.63) is 90.3 Å². The highest BCUT2D eigenvalue weighted by Crippen LogP contribution is 2.24. The third kappa shape index (κ3) is 4.41. The zero-order chi connectivity index (χ0) is 20.9. The summed E-state index contributed by atoms with van der Waals surface area (Å²) in [4.78, 5) is 21.6. The smallest absolute Gasteiger partial charge is 0.387 e. The summed E-state index contributed by atoms with van der Waals surface area (Å²) in [6.45, 7) is -2.63. The zero-order valence-corrected chi connectivity index (χ0v) is 15.8. The normalized spacial score (nSPS) is 10.9. The summed E-state index contributed by atoms with van der Waals surface area (Å²) in [5.41, 5.74) is 3.52. The molecule has 0 bridgehead atoms. The van der Waals surface area contributed by atoms with Gasteiger partial charge in [-0.25, -0.2) is 4.98 Å². The Hall–Kier alpha value is -3.87. The molecule has 7 heteroatoms. The van der Waals surface area contributed by atoms with E-state index in [1.54, 1.807) is 30.6 Å². The third-order valence-corrected chi connectivity index (χ3v) is 4.54. The van der Waals surface area contributed by atoms with Gasteiger partial charge in [0.05, 0.1) is 16.8 Å². The van der Waals surface area contributed by atoms with Crippen LogP contribution in [0.25, 0.3) is 22.2 Å². The molecule has 0 unspecified atom stereocenters. The molecule has 1 N–H and O–H groups in total. The second-order valence-corrected chi connectivity index (χ2v) is 6.51. The largest absolute Gasteiger partial charge is 0.435 e. The van der Waals surface area contributed by atoms with Gasteiger partial charge in [-0.2, -0.15) is 8.78 Å². The van der Waals surface area contributed by atoms with Crippen molar-refractivity contribution >= 4 is 16.8 Å². The van der Waals surface area contributed by atoms with Gasteiger partial charge in [0.15, 0.2) is 0 Å². The molecular formula is C23H17F2N3O2. The van der Waals surface area contributed by atoms with E-state index >= 15 is 0 Å². The van der Waals surface area contributed by atoms with Gasteiger partial charge < -0.3 is 10.1 Å². The summed E-state index contributed by atoms with van der Waals surface area (Å²) >= 11 is 0. The molecule has 2 aromatic heterocycles. The lowest BCUT2D eigenvalue weighted by molar-refractivity contribution is -0.0498. The maximum atomic E-state index is 13.0. The van der Waals surface area contributed by atoms with Crippen LogP contribution in [0.2, 0.25) is 0 Å². The van der Waals surface area contributed by atoms with Crippen LogP contribution in [-0.4, -0.2) is 22.5 Å². The van der Waals surface area contributed by atoms with Crippen LogP contribution in [0.4, 0.5) is 8.78 Å². The van der Waals surface area contributed by atoms with E-state index in [1.807, 2.05) is 36.4 Å². The number of hydrogen-bond donors (Lipinski definition) is 1. The monoisotopic (exact) mass is 405 g/mol. The Morgan fingerprint density at radius 1 is 1.00 bits per heavy atom. The molecule has 0 aliphatic rings. The number of aromatic nitrogens is 2. The number of carbonyl (C=O) groups is 1. The number of ether oxygens (including phenoxy) is 1. The quantitative estimate of drug-likeness (QED) is 0.499. The number of hydrogen-bond acceptors (Lipinski definition) is 4. The predicted octanol–water partition coefficient (Wildman–Crippen LogP) is 4.83. The van der Waals surface area contributed by atoms with Crippen LogP contribution < -0.4 is 10.1 Å². The Kier molecular flexibility index (Phi) is 5.61. The molecule has 150 valence electrons. The van der Waals surface area contributed by atoms with Crippen molar-refractivity contribution in [3.8, 4) is 17.0 Å². The average Bonchev–Trinajstić information content (AvgIpc) is 2.78. The molecular weight excluding hydrogens is 388 g/mol. The molecule has 0 radical (unpaired) electrons. The molecule has 0 spiro atoms. The molecule has 4 rings (SSSR count). The lowest BCUT2D eigenvalue weighted by atomic mass is 10.0. The van der Waals surface area contributed by atoms with E-state index in [0.29, 0.717) is 16.8 Å². The fourth-order valence-electron chi connectivity index (χ4n) is 3.10. The topological polar surface area (TPSA) is 64.1 Å². The zero-order valence-electron chi connectivity index (χ0n) is 15.8. The average molecular weight is 405 g/mol. The van der Waals surface area contributed by atoms with Gasteiger partial charge in [0.2, 0.25) is 0 Å². The number of rotatable bonds is 6. The number of carbonyl (C=O) groups excluding carboxylic acids is 1. The van der Waals surface area contributed by atoms with Crippen molar-refractivity contribution in [2.24, 2.45) is 0 Å². The molecule has 0 fully saturated rings. The fourth-order valence-corrected chi connectivity index (χ4v) is 3.10. The van der Waals surface area contributed by atoms with Crippen LogP contribution in [0.1, 0.15) is 15.9 Å². The molecule has 0 aliphatic heterocycles. The van der Waals surface area contributed by atoms with Crippen molar-refractivity contribution in [3.63, 3.8) is 0 Å². The van der Waals surface area contributed by atoms with Crippen molar-refractivity contribution in [1.82, 2.24) is 15.3 Å². The Morgan fingerprint density at radius 3 is 2.47 bits per heavy atom. The third-order valence-electron chi connectivity index (χ3n) is 4.54. The first-order chi connectivity index (χ1) is 14.6. The van der Waals surface area contributed by atoms with Gasteiger partial charge in [0.25, 0.3) is 5.91 Å². The Balaban J connectivity index is 1.58. The number of pyridine rings is 2. The van der Waals surface area contributed by atoms with Crippen molar-refractivity contribution < 1.29 is 18.3 Å². The predicted molar refractivity (Wildman–Crippen MR) is 109 cm³/mol. The number of amides is 1. The molecule has 2 heterocycles. The van der Waals surface area contributed by atoms with Gasteiger partial charge in [-0.1, -0.05) is 30.3 Å². The van der Waals surface area contributed by atoms with Crippen LogP contribution in [0, 0.1) is 0 Å². The minimum absolute atomic E-state index is 0.0715. The van der Waals surface area contributed by atoms with E-state index in [4.69, 9.17) is 0 Å². The van der Waals surface area contributed by atoms with Crippen LogP contribution in [0.15, 0.2) is 79.1 Å². The molecule has 2 aromatic carbocycles. The number of para-hydroxylation sites is 1. The maximum absolute atomic E-state index is 13.0. The van der Waals surface area contributed by atoms with Gasteiger partial charge in [-0.15, -0.1) is 0 Å². The molecule has 0 saturated heterocycles. The number of benzene rings is 2. The van der Waals surface area contributed by atoms with Crippen LogP contribution in [-0.2, 0) is 6.54 Å². The van der Waals surface area contributed by atoms with Crippen LogP contribution >= 0.6 is 0 Å². The summed E-state index contributed by atoms with van der Waals surface area (Å²) < 4.78 is 28.9. The second kappa shape index (κ2) is 8.65. The van der Waals surface area contributed by atoms with Crippen molar-refractivity contribution in [2.75, 3.05) is 0 Å². The lowest BCUT2D eigenvalue weighted by Gasteiger charge is -2.11. The first-order valence-electron chi connectivity index (χ1n) is 9.22. The Morgan fingerprint density at radius 2 is 1.73 bits per heavy atom. The van der Waals surface area contributed by atoms with E-state index in [-0.39, 0.29) is 18.2 Å². The summed E-state index contributed by atoms with van der Waals surface area (Å²) in [5.74, 6) is -0.181. The van der Waals surface area contributed by atoms with Crippen LogP contribution in [0.5, 0.6) is 5.75 Å². The number of nitrogens with one attached hydrogen (secondary N) is 1. The summed E-state index contributed by atoms with van der Waals surface area (Å²) in [5, 5.41) is 3.62. The van der Waals surface area contributed by atoms with E-state index in [9.17, 15) is 13.6 Å². The van der Waals surface area contributed by atoms with Crippen LogP contribution in [0.3, 0.4) is 0 Å². The molecule has 4 aromatic rings. The summed E-state index contributed by atoms with van der Waals surface area (Å²) in [6, 6.07) is 19.0. The molecule has 0 atom stereocenters. The van der Waals surface area contributed by atoms with Gasteiger partial charge in [-0.05, 0) is 42.0 Å². The van der Waals surface area contributed by atoms with Gasteiger partial charge in [0.1, 0.15) is 5.75 Å². The highest BCUT2D eigenvalue weighted by Gasteiger charge is 2.14. The van der Waals surface area contributed by atoms with Gasteiger partial charge in [0, 0.05) is 29.9 Å². The first kappa shape index (κ1) is 19.4. The maximum Gasteiger partial charge on any atom is 0.387 e. The highest BCUT2D eigenvalue weighted by atomic mass is 19.3. The number of fused-ring (bicyclic) bond motifs is 1. The number of halogens is 2. The first-order valence-corrected chi connectivity index (χ1v) is 9.22. The molecule has 5 nitrogen and oxygen atoms in total. The number of alkyl halides is 2. The number of nitrogens with zero attached hydrogens (tertiary/aromatic N) is 2. The van der Waals surface area contributed by atoms with Crippen molar-refractivity contribution in [2.45, 2.75) is 13.2 Å². The highest BCUT2D eigenvalue weighted by molar-refractivity contribution is 6.07.